The molecule has 48 heavy (non-hydrogen) atoms. The quantitative estimate of drug-likeness (QED) is 0.260. The normalized spacial score (nSPS) is 21.9. The number of Topliss-reactive ketones (excluding diaryl/α,β-unsaturated/α-hetero) is 1. The summed E-state index contributed by atoms with van der Waals surface area (Å²) < 4.78 is 63.2. The highest BCUT2D eigenvalue weighted by Gasteiger charge is 2.68. The van der Waals surface area contributed by atoms with Crippen LogP contribution in [0.4, 0.5) is 22.4 Å². The summed E-state index contributed by atoms with van der Waals surface area (Å²) in [7, 11) is 1.69. The molecule has 1 saturated carbocycles. The molecule has 2 aliphatic heterocycles. The molecule has 4 aliphatic rings. The van der Waals surface area contributed by atoms with E-state index in [1.165, 1.54) is 12.1 Å². The first-order valence-electron chi connectivity index (χ1n) is 15.5. The van der Waals surface area contributed by atoms with Gasteiger partial charge in [-0.25, -0.2) is 9.18 Å². The van der Waals surface area contributed by atoms with Gasteiger partial charge in [0.25, 0.3) is 5.91 Å². The number of urea groups is 1. The molecule has 11 nitrogen and oxygen atoms in total. The van der Waals surface area contributed by atoms with Crippen LogP contribution in [0, 0.1) is 5.82 Å². The Morgan fingerprint density at radius 1 is 1.06 bits per heavy atom. The number of methoxy groups -OCH3 is 1. The largest absolute Gasteiger partial charge is 0.411 e. The van der Waals surface area contributed by atoms with Crippen molar-refractivity contribution in [1.29, 1.82) is 0 Å². The Labute approximate surface area is 272 Å². The molecule has 0 unspecified atom stereocenters. The lowest BCUT2D eigenvalue weighted by atomic mass is 9.90. The van der Waals surface area contributed by atoms with E-state index in [1.54, 1.807) is 36.2 Å². The number of fused-ring (bicyclic) bond motifs is 2. The fourth-order valence-corrected chi connectivity index (χ4v) is 6.86. The molecule has 1 atom stereocenters. The van der Waals surface area contributed by atoms with Crippen molar-refractivity contribution in [3.63, 3.8) is 0 Å². The number of nitrogens with one attached hydrogen (secondary N) is 1. The first-order valence-corrected chi connectivity index (χ1v) is 15.5. The number of carbonyl (C=O) groups is 4. The molecule has 1 aromatic heterocycles. The van der Waals surface area contributed by atoms with Crippen LogP contribution in [0.3, 0.4) is 0 Å². The molecular weight excluding hydrogens is 636 g/mol. The number of ether oxygens (including phenoxy) is 1. The van der Waals surface area contributed by atoms with Gasteiger partial charge in [-0.2, -0.15) is 18.3 Å². The Hall–Kier alpha value is -4.63. The molecule has 252 valence electrons. The molecule has 1 spiro atoms. The number of rotatable bonds is 10. The van der Waals surface area contributed by atoms with Crippen LogP contribution in [0.2, 0.25) is 0 Å². The van der Waals surface area contributed by atoms with Gasteiger partial charge in [-0.1, -0.05) is 24.3 Å². The van der Waals surface area contributed by atoms with E-state index in [-0.39, 0.29) is 35.6 Å². The first kappa shape index (κ1) is 31.9. The number of benzene rings is 2. The lowest BCUT2D eigenvalue weighted by Crippen LogP contribution is -2.54. The first-order chi connectivity index (χ1) is 22.8. The highest BCUT2D eigenvalue weighted by Crippen LogP contribution is 2.54. The van der Waals surface area contributed by atoms with E-state index in [0.717, 1.165) is 37.3 Å². The van der Waals surface area contributed by atoms with Gasteiger partial charge in [-0.3, -0.25) is 28.9 Å². The Bertz CT molecular complexity index is 1800. The highest BCUT2D eigenvalue weighted by atomic mass is 19.4. The topological polar surface area (TPSA) is 117 Å². The third-order valence-electron chi connectivity index (χ3n) is 9.87. The molecule has 2 aliphatic carbocycles. The number of imide groups is 1. The molecule has 3 fully saturated rings. The van der Waals surface area contributed by atoms with Crippen molar-refractivity contribution >= 4 is 23.6 Å². The summed E-state index contributed by atoms with van der Waals surface area (Å²) in [4.78, 5) is 57.3. The molecule has 15 heteroatoms. The third kappa shape index (κ3) is 5.34. The van der Waals surface area contributed by atoms with Crippen molar-refractivity contribution in [3.8, 4) is 11.1 Å². The van der Waals surface area contributed by atoms with E-state index in [0.29, 0.717) is 21.9 Å². The van der Waals surface area contributed by atoms with Crippen molar-refractivity contribution in [2.24, 2.45) is 0 Å². The molecule has 4 amide bonds. The zero-order valence-corrected chi connectivity index (χ0v) is 25.9. The predicted molar refractivity (Wildman–Crippen MR) is 161 cm³/mol. The smallest absolute Gasteiger partial charge is 0.379 e. The van der Waals surface area contributed by atoms with Crippen molar-refractivity contribution in [2.45, 2.75) is 55.7 Å². The minimum atomic E-state index is -4.77. The second-order valence-electron chi connectivity index (χ2n) is 12.8. The minimum absolute atomic E-state index is 0.222. The Morgan fingerprint density at radius 3 is 2.46 bits per heavy atom. The average Bonchev–Trinajstić information content (AvgIpc) is 3.56. The summed E-state index contributed by atoms with van der Waals surface area (Å²) in [5, 5.41) is 6.98. The highest BCUT2D eigenvalue weighted by molar-refractivity contribution is 6.17. The van der Waals surface area contributed by atoms with Gasteiger partial charge in [-0.15, -0.1) is 0 Å². The molecule has 2 aromatic carbocycles. The second kappa shape index (κ2) is 11.5. The monoisotopic (exact) mass is 668 g/mol. The lowest BCUT2D eigenvalue weighted by Gasteiger charge is -2.37. The van der Waals surface area contributed by atoms with Crippen molar-refractivity contribution in [3.05, 3.63) is 77.4 Å². The van der Waals surface area contributed by atoms with Crippen LogP contribution in [0.1, 0.15) is 40.7 Å². The number of halogens is 4. The molecule has 1 N–H and O–H groups in total. The van der Waals surface area contributed by atoms with Gasteiger partial charge in [0.1, 0.15) is 17.9 Å². The van der Waals surface area contributed by atoms with Gasteiger partial charge in [0.05, 0.1) is 18.8 Å². The number of carbonyl (C=O) groups excluding carboxylic acids is 4. The molecule has 0 radical (unpaired) electrons. The van der Waals surface area contributed by atoms with E-state index >= 15 is 0 Å². The third-order valence-corrected chi connectivity index (χ3v) is 9.87. The molecule has 2 saturated heterocycles. The van der Waals surface area contributed by atoms with Gasteiger partial charge < -0.3 is 15.0 Å². The minimum Gasteiger partial charge on any atom is -0.379 e. The number of ketones is 1. The van der Waals surface area contributed by atoms with Crippen molar-refractivity contribution in [1.82, 2.24) is 29.8 Å². The van der Waals surface area contributed by atoms with Crippen LogP contribution in [0.15, 0.2) is 54.9 Å². The maximum absolute atomic E-state index is 14.2. The maximum Gasteiger partial charge on any atom is 0.411 e. The molecule has 7 rings (SSSR count). The average molecular weight is 669 g/mol. The Morgan fingerprint density at radius 2 is 1.79 bits per heavy atom. The maximum atomic E-state index is 14.2. The van der Waals surface area contributed by atoms with Crippen LogP contribution in [-0.4, -0.2) is 99.2 Å². The molecular formula is C33H32F4N6O5. The number of nitrogens with zero attached hydrogens (tertiary/aromatic N) is 5. The summed E-state index contributed by atoms with van der Waals surface area (Å²) in [6, 6.07) is 8.61. The number of aromatic nitrogens is 2. The molecule has 0 bridgehead atoms. The van der Waals surface area contributed by atoms with Gasteiger partial charge >= 0.3 is 12.2 Å². The Kier molecular flexibility index (Phi) is 7.66. The van der Waals surface area contributed by atoms with E-state index in [2.05, 4.69) is 15.3 Å². The van der Waals surface area contributed by atoms with Crippen molar-refractivity contribution in [2.75, 3.05) is 33.3 Å². The van der Waals surface area contributed by atoms with Crippen LogP contribution in [0.25, 0.3) is 11.1 Å². The zero-order chi connectivity index (χ0) is 34.0. The van der Waals surface area contributed by atoms with Crippen LogP contribution >= 0.6 is 0 Å². The van der Waals surface area contributed by atoms with Gasteiger partial charge in [0, 0.05) is 57.0 Å². The zero-order valence-electron chi connectivity index (χ0n) is 25.9. The summed E-state index contributed by atoms with van der Waals surface area (Å²) in [6.07, 6.45) is -2.08. The fraction of sp³-hybridized carbons (Fsp3) is 0.424. The van der Waals surface area contributed by atoms with Crippen molar-refractivity contribution < 1.29 is 41.5 Å². The Balaban J connectivity index is 1.09. The second-order valence-corrected chi connectivity index (χ2v) is 12.8. The fourth-order valence-electron chi connectivity index (χ4n) is 6.86. The summed E-state index contributed by atoms with van der Waals surface area (Å²) >= 11 is 0. The number of alkyl halides is 3. The summed E-state index contributed by atoms with van der Waals surface area (Å²) in [5.74, 6) is -2.99. The summed E-state index contributed by atoms with van der Waals surface area (Å²) in [6.45, 7) is 1.72. The van der Waals surface area contributed by atoms with Crippen LogP contribution < -0.4 is 5.32 Å². The number of hydrogen-bond acceptors (Lipinski definition) is 7. The van der Waals surface area contributed by atoms with E-state index < -0.39 is 66.2 Å². The number of amides is 4. The summed E-state index contributed by atoms with van der Waals surface area (Å²) in [5.41, 5.74) is -2.10. The van der Waals surface area contributed by atoms with E-state index in [9.17, 15) is 36.7 Å². The molecule has 3 aromatic rings. The number of likely N-dealkylation sites (tertiary alicyclic amines) is 1. The van der Waals surface area contributed by atoms with Crippen LogP contribution in [-0.2, 0) is 33.0 Å². The van der Waals surface area contributed by atoms with Crippen LogP contribution in [0.5, 0.6) is 0 Å². The van der Waals surface area contributed by atoms with Gasteiger partial charge in [0.2, 0.25) is 5.91 Å². The van der Waals surface area contributed by atoms with E-state index in [4.69, 9.17) is 4.74 Å². The van der Waals surface area contributed by atoms with Gasteiger partial charge in [0.15, 0.2) is 11.3 Å². The SMILES string of the molecule is COC1CN(CCn2cc(-c3ccc4c(c3)C(=O)C[C@]43NC(=O)N(CC(=O)N(Cc4ccc(F)cc4)C4(C(F)(F)F)CC4)C3=O)cn2)C1. The predicted octanol–water partition coefficient (Wildman–Crippen LogP) is 3.48. The standard InChI is InChI=1S/C33H32F4N6O5/c1-48-24-17-40(18-24)10-11-41-16-22(14-38-41)21-4-7-26-25(12-21)27(44)13-32(26)29(46)42(30(47)39-32)19-28(45)43(31(8-9-31)33(35,36)37)15-20-2-5-23(34)6-3-20/h2-7,12,14,16,24H,8-11,13,15,17-19H2,1H3,(H,39,47)/t32-/m0/s1. The number of hydrogen-bond donors (Lipinski definition) is 1. The van der Waals surface area contributed by atoms with E-state index in [1.807, 2.05) is 6.20 Å². The lowest BCUT2D eigenvalue weighted by molar-refractivity contribution is -0.202. The molecule has 3 heterocycles. The van der Waals surface area contributed by atoms with Gasteiger partial charge in [-0.05, 0) is 47.7 Å².